The summed E-state index contributed by atoms with van der Waals surface area (Å²) in [6.07, 6.45) is 5.11. The van der Waals surface area contributed by atoms with E-state index in [1.54, 1.807) is 7.11 Å². The molecule has 140 valence electrons. The van der Waals surface area contributed by atoms with Crippen molar-refractivity contribution in [2.75, 3.05) is 20.2 Å². The van der Waals surface area contributed by atoms with E-state index in [4.69, 9.17) is 4.74 Å². The van der Waals surface area contributed by atoms with E-state index in [9.17, 15) is 15.0 Å². The first-order chi connectivity index (χ1) is 12.5. The molecule has 0 unspecified atom stereocenters. The number of methoxy groups -OCH3 is 1. The van der Waals surface area contributed by atoms with Crippen LogP contribution in [0.15, 0.2) is 18.2 Å². The number of carboxylic acids is 1. The van der Waals surface area contributed by atoms with Crippen molar-refractivity contribution >= 4 is 5.97 Å². The second-order valence-electron chi connectivity index (χ2n) is 8.88. The maximum Gasteiger partial charge on any atom is 0.306 e. The van der Waals surface area contributed by atoms with E-state index in [2.05, 4.69) is 17.0 Å². The molecule has 1 aromatic rings. The summed E-state index contributed by atoms with van der Waals surface area (Å²) in [4.78, 5) is 14.3. The first kappa shape index (κ1) is 16.6. The topological polar surface area (TPSA) is 70.0 Å². The fraction of sp³-hybridized carbons (Fsp3) is 0.667. The van der Waals surface area contributed by atoms with Crippen molar-refractivity contribution in [2.45, 2.75) is 55.6 Å². The van der Waals surface area contributed by atoms with Crippen molar-refractivity contribution < 1.29 is 19.7 Å². The molecule has 0 radical (unpaired) electrons. The summed E-state index contributed by atoms with van der Waals surface area (Å²) >= 11 is 0. The van der Waals surface area contributed by atoms with Crippen LogP contribution in [0.1, 0.15) is 43.2 Å². The summed E-state index contributed by atoms with van der Waals surface area (Å²) in [5, 5.41) is 21.7. The molecule has 0 spiro atoms. The van der Waals surface area contributed by atoms with Crippen LogP contribution >= 0.6 is 0 Å². The van der Waals surface area contributed by atoms with Crippen molar-refractivity contribution in [1.29, 1.82) is 0 Å². The Bertz CT molecular complexity index is 760. The van der Waals surface area contributed by atoms with Crippen LogP contribution in [0.4, 0.5) is 0 Å². The van der Waals surface area contributed by atoms with Gasteiger partial charge in [-0.2, -0.15) is 0 Å². The molecule has 2 N–H and O–H groups in total. The number of hydrogen-bond acceptors (Lipinski definition) is 4. The van der Waals surface area contributed by atoms with Gasteiger partial charge in [-0.05, 0) is 74.2 Å². The Hall–Kier alpha value is -1.59. The third-order valence-corrected chi connectivity index (χ3v) is 7.58. The van der Waals surface area contributed by atoms with Crippen molar-refractivity contribution in [3.8, 4) is 5.75 Å². The molecule has 5 rings (SSSR count). The Kier molecular flexibility index (Phi) is 3.48. The third-order valence-electron chi connectivity index (χ3n) is 7.58. The second kappa shape index (κ2) is 5.46. The number of carboxylic acid groups (broad SMARTS) is 1. The van der Waals surface area contributed by atoms with Gasteiger partial charge in [0.25, 0.3) is 0 Å². The summed E-state index contributed by atoms with van der Waals surface area (Å²) in [6.45, 7) is 2.00. The lowest BCUT2D eigenvalue weighted by molar-refractivity contribution is -0.144. The van der Waals surface area contributed by atoms with Gasteiger partial charge in [-0.3, -0.25) is 9.69 Å². The number of rotatable bonds is 4. The molecular weight excluding hydrogens is 330 g/mol. The van der Waals surface area contributed by atoms with Crippen LogP contribution < -0.4 is 4.74 Å². The molecule has 0 aromatic heterocycles. The molecule has 2 saturated carbocycles. The number of nitrogens with zero attached hydrogens (tertiary/aromatic N) is 1. The standard InChI is InChI=1S/C21H27NO4/c1-26-16-5-4-14-8-18-21(25)11-15(19(23)24)10-20(21,17(14)9-16)6-7-22(18)12-13-2-3-13/h4-5,9,13,15,18,25H,2-3,6-8,10-12H2,1H3,(H,23,24)/t15-,18+,20+,21+/m0/s1. The molecule has 1 saturated heterocycles. The monoisotopic (exact) mass is 357 g/mol. The quantitative estimate of drug-likeness (QED) is 0.865. The van der Waals surface area contributed by atoms with E-state index in [1.165, 1.54) is 18.4 Å². The summed E-state index contributed by atoms with van der Waals surface area (Å²) in [7, 11) is 1.66. The number of hydrogen-bond donors (Lipinski definition) is 2. The Morgan fingerprint density at radius 2 is 2.15 bits per heavy atom. The van der Waals surface area contributed by atoms with E-state index in [1.807, 2.05) is 6.07 Å². The Morgan fingerprint density at radius 1 is 1.35 bits per heavy atom. The molecule has 1 aromatic carbocycles. The smallest absolute Gasteiger partial charge is 0.306 e. The fourth-order valence-electron chi connectivity index (χ4n) is 6.12. The van der Waals surface area contributed by atoms with E-state index < -0.39 is 22.9 Å². The van der Waals surface area contributed by atoms with Gasteiger partial charge < -0.3 is 14.9 Å². The minimum absolute atomic E-state index is 0.0297. The van der Waals surface area contributed by atoms with E-state index in [0.29, 0.717) is 12.8 Å². The average molecular weight is 357 g/mol. The van der Waals surface area contributed by atoms with Gasteiger partial charge in [-0.15, -0.1) is 0 Å². The van der Waals surface area contributed by atoms with Gasteiger partial charge in [-0.25, -0.2) is 0 Å². The van der Waals surface area contributed by atoms with Crippen LogP contribution in [-0.2, 0) is 16.6 Å². The lowest BCUT2D eigenvalue weighted by Crippen LogP contribution is -2.69. The number of fused-ring (bicyclic) bond motifs is 1. The zero-order valence-corrected chi connectivity index (χ0v) is 15.3. The number of ether oxygens (including phenoxy) is 1. The molecule has 4 aliphatic rings. The zero-order chi connectivity index (χ0) is 18.1. The van der Waals surface area contributed by atoms with Crippen molar-refractivity contribution in [3.05, 3.63) is 29.3 Å². The molecule has 5 nitrogen and oxygen atoms in total. The molecule has 0 amide bonds. The molecule has 26 heavy (non-hydrogen) atoms. The number of likely N-dealkylation sites (tertiary alicyclic amines) is 1. The van der Waals surface area contributed by atoms with Crippen LogP contribution in [-0.4, -0.2) is 52.9 Å². The van der Waals surface area contributed by atoms with Crippen LogP contribution in [0.3, 0.4) is 0 Å². The van der Waals surface area contributed by atoms with Crippen LogP contribution in [0, 0.1) is 11.8 Å². The molecule has 3 fully saturated rings. The highest BCUT2D eigenvalue weighted by Crippen LogP contribution is 2.62. The molecular formula is C21H27NO4. The molecule has 2 bridgehead atoms. The summed E-state index contributed by atoms with van der Waals surface area (Å²) in [5.74, 6) is 0.310. The second-order valence-corrected chi connectivity index (χ2v) is 8.88. The average Bonchev–Trinajstić information content (AvgIpc) is 3.36. The third kappa shape index (κ3) is 2.13. The van der Waals surface area contributed by atoms with Crippen LogP contribution in [0.5, 0.6) is 5.75 Å². The first-order valence-electron chi connectivity index (χ1n) is 9.83. The number of aliphatic carboxylic acids is 1. The summed E-state index contributed by atoms with van der Waals surface area (Å²) in [6, 6.07) is 6.20. The largest absolute Gasteiger partial charge is 0.497 e. The number of benzene rings is 1. The molecule has 1 heterocycles. The number of aliphatic hydroxyl groups is 1. The van der Waals surface area contributed by atoms with Crippen molar-refractivity contribution in [1.82, 2.24) is 4.90 Å². The fourth-order valence-corrected chi connectivity index (χ4v) is 6.12. The van der Waals surface area contributed by atoms with Gasteiger partial charge in [0.15, 0.2) is 0 Å². The minimum atomic E-state index is -0.956. The van der Waals surface area contributed by atoms with E-state index >= 15 is 0 Å². The van der Waals surface area contributed by atoms with Gasteiger partial charge >= 0.3 is 5.97 Å². The predicted octanol–water partition coefficient (Wildman–Crippen LogP) is 2.20. The normalized spacial score (nSPS) is 38.5. The van der Waals surface area contributed by atoms with Crippen molar-refractivity contribution in [2.24, 2.45) is 11.8 Å². The van der Waals surface area contributed by atoms with Gasteiger partial charge in [0, 0.05) is 18.0 Å². The summed E-state index contributed by atoms with van der Waals surface area (Å²) in [5.41, 5.74) is 0.975. The highest BCUT2D eigenvalue weighted by atomic mass is 16.5. The van der Waals surface area contributed by atoms with E-state index in [-0.39, 0.29) is 6.04 Å². The van der Waals surface area contributed by atoms with Gasteiger partial charge in [0.2, 0.25) is 0 Å². The van der Waals surface area contributed by atoms with E-state index in [0.717, 1.165) is 43.2 Å². The highest BCUT2D eigenvalue weighted by Gasteiger charge is 2.68. The maximum absolute atomic E-state index is 12.0. The molecule has 3 aliphatic carbocycles. The van der Waals surface area contributed by atoms with Gasteiger partial charge in [-0.1, -0.05) is 6.07 Å². The molecule has 1 aliphatic heterocycles. The van der Waals surface area contributed by atoms with Gasteiger partial charge in [0.05, 0.1) is 18.6 Å². The zero-order valence-electron chi connectivity index (χ0n) is 15.3. The maximum atomic E-state index is 12.0. The highest BCUT2D eigenvalue weighted by molar-refractivity contribution is 5.72. The lowest BCUT2D eigenvalue weighted by Gasteiger charge is -2.59. The molecule has 5 heteroatoms. The van der Waals surface area contributed by atoms with Crippen LogP contribution in [0.25, 0.3) is 0 Å². The van der Waals surface area contributed by atoms with Crippen molar-refractivity contribution in [3.63, 3.8) is 0 Å². The molecule has 4 atom stereocenters. The Morgan fingerprint density at radius 3 is 2.85 bits per heavy atom. The van der Waals surface area contributed by atoms with Crippen LogP contribution in [0.2, 0.25) is 0 Å². The van der Waals surface area contributed by atoms with Gasteiger partial charge in [0.1, 0.15) is 5.75 Å². The summed E-state index contributed by atoms with van der Waals surface area (Å²) < 4.78 is 5.44. The lowest BCUT2D eigenvalue weighted by atomic mass is 9.56. The number of piperidine rings is 1. The number of carbonyl (C=O) groups is 1. The Balaban J connectivity index is 1.63. The minimum Gasteiger partial charge on any atom is -0.497 e. The Labute approximate surface area is 154 Å². The predicted molar refractivity (Wildman–Crippen MR) is 96.4 cm³/mol. The first-order valence-corrected chi connectivity index (χ1v) is 9.83. The SMILES string of the molecule is COc1ccc2c(c1)[C@]13CCN(CC4CC4)[C@H](C2)[C@]1(O)C[C@@H](C(=O)O)C3.